The number of carbonyl (C=O) groups excluding carboxylic acids is 1. The smallest absolute Gasteiger partial charge is 0.358 e. The SMILES string of the molecule is CC(C)CCNc1nc(C(=O)OCc2cccc(S(=O)(=O)N(C)C)c2)cs1. The quantitative estimate of drug-likeness (QED) is 0.638. The van der Waals surface area contributed by atoms with Gasteiger partial charge in [-0.15, -0.1) is 11.3 Å². The van der Waals surface area contributed by atoms with Crippen LogP contribution in [0.4, 0.5) is 5.13 Å². The Balaban J connectivity index is 1.95. The number of carbonyl (C=O) groups is 1. The van der Waals surface area contributed by atoms with Crippen molar-refractivity contribution < 1.29 is 17.9 Å². The second-order valence-corrected chi connectivity index (χ2v) is 9.67. The Morgan fingerprint density at radius 3 is 2.74 bits per heavy atom. The summed E-state index contributed by atoms with van der Waals surface area (Å²) in [5, 5.41) is 5.52. The number of nitrogens with one attached hydrogen (secondary N) is 1. The maximum atomic E-state index is 12.2. The number of nitrogens with zero attached hydrogens (tertiary/aromatic N) is 2. The van der Waals surface area contributed by atoms with Crippen LogP contribution in [-0.4, -0.2) is 44.3 Å². The first-order valence-electron chi connectivity index (χ1n) is 8.58. The molecule has 1 aromatic carbocycles. The molecular weight excluding hydrogens is 386 g/mol. The zero-order valence-electron chi connectivity index (χ0n) is 15.9. The second-order valence-electron chi connectivity index (χ2n) is 6.66. The molecule has 27 heavy (non-hydrogen) atoms. The van der Waals surface area contributed by atoms with Crippen LogP contribution in [0.25, 0.3) is 0 Å². The van der Waals surface area contributed by atoms with Gasteiger partial charge in [0.15, 0.2) is 10.8 Å². The van der Waals surface area contributed by atoms with Gasteiger partial charge in [0.05, 0.1) is 4.90 Å². The summed E-state index contributed by atoms with van der Waals surface area (Å²) in [7, 11) is -0.589. The highest BCUT2D eigenvalue weighted by Gasteiger charge is 2.18. The van der Waals surface area contributed by atoms with Gasteiger partial charge in [0.25, 0.3) is 0 Å². The van der Waals surface area contributed by atoms with Gasteiger partial charge < -0.3 is 10.1 Å². The van der Waals surface area contributed by atoms with Crippen LogP contribution in [0.5, 0.6) is 0 Å². The number of benzene rings is 1. The van der Waals surface area contributed by atoms with E-state index in [2.05, 4.69) is 24.1 Å². The van der Waals surface area contributed by atoms with E-state index in [1.165, 1.54) is 37.6 Å². The summed E-state index contributed by atoms with van der Waals surface area (Å²) in [6, 6.07) is 6.35. The van der Waals surface area contributed by atoms with E-state index >= 15 is 0 Å². The predicted octanol–water partition coefficient (Wildman–Crippen LogP) is 3.21. The van der Waals surface area contributed by atoms with Crippen molar-refractivity contribution >= 4 is 32.5 Å². The summed E-state index contributed by atoms with van der Waals surface area (Å²) in [5.41, 5.74) is 0.834. The van der Waals surface area contributed by atoms with Crippen LogP contribution in [0.1, 0.15) is 36.3 Å². The average molecular weight is 412 g/mol. The molecule has 0 unspecified atom stereocenters. The summed E-state index contributed by atoms with van der Waals surface area (Å²) < 4.78 is 30.8. The lowest BCUT2D eigenvalue weighted by atomic mass is 10.1. The molecule has 0 spiro atoms. The van der Waals surface area contributed by atoms with Gasteiger partial charge in [-0.25, -0.2) is 22.5 Å². The van der Waals surface area contributed by atoms with Gasteiger partial charge in [0, 0.05) is 26.0 Å². The minimum atomic E-state index is -3.53. The molecule has 0 aliphatic carbocycles. The Bertz CT molecular complexity index is 876. The van der Waals surface area contributed by atoms with Crippen molar-refractivity contribution in [2.24, 2.45) is 5.92 Å². The van der Waals surface area contributed by atoms with E-state index in [4.69, 9.17) is 4.74 Å². The molecule has 1 N–H and O–H groups in total. The lowest BCUT2D eigenvalue weighted by molar-refractivity contribution is 0.0466. The largest absolute Gasteiger partial charge is 0.456 e. The van der Waals surface area contributed by atoms with Crippen LogP contribution in [0.2, 0.25) is 0 Å². The minimum absolute atomic E-state index is 0.0245. The van der Waals surface area contributed by atoms with Crippen LogP contribution < -0.4 is 5.32 Å². The molecule has 1 aromatic heterocycles. The van der Waals surface area contributed by atoms with E-state index in [0.29, 0.717) is 16.6 Å². The normalized spacial score (nSPS) is 11.8. The first-order chi connectivity index (χ1) is 12.7. The summed E-state index contributed by atoms with van der Waals surface area (Å²) in [6.45, 7) is 5.06. The molecule has 148 valence electrons. The third kappa shape index (κ3) is 6.02. The van der Waals surface area contributed by atoms with Crippen molar-refractivity contribution in [2.45, 2.75) is 31.8 Å². The molecule has 9 heteroatoms. The first kappa shape index (κ1) is 21.3. The summed E-state index contributed by atoms with van der Waals surface area (Å²) >= 11 is 1.35. The van der Waals surface area contributed by atoms with E-state index < -0.39 is 16.0 Å². The minimum Gasteiger partial charge on any atom is -0.456 e. The van der Waals surface area contributed by atoms with Gasteiger partial charge in [-0.3, -0.25) is 0 Å². The van der Waals surface area contributed by atoms with Gasteiger partial charge >= 0.3 is 5.97 Å². The van der Waals surface area contributed by atoms with Crippen LogP contribution in [0, 0.1) is 5.92 Å². The van der Waals surface area contributed by atoms with Gasteiger partial charge in [-0.1, -0.05) is 26.0 Å². The van der Waals surface area contributed by atoms with Gasteiger partial charge in [0.2, 0.25) is 10.0 Å². The van der Waals surface area contributed by atoms with Crippen molar-refractivity contribution in [1.82, 2.24) is 9.29 Å². The lowest BCUT2D eigenvalue weighted by Crippen LogP contribution is -2.22. The first-order valence-corrected chi connectivity index (χ1v) is 10.9. The summed E-state index contributed by atoms with van der Waals surface area (Å²) in [6.07, 6.45) is 1.02. The number of ether oxygens (including phenoxy) is 1. The van der Waals surface area contributed by atoms with Crippen molar-refractivity contribution in [3.8, 4) is 0 Å². The molecule has 0 aliphatic rings. The highest BCUT2D eigenvalue weighted by Crippen LogP contribution is 2.18. The Kier molecular flexibility index (Phi) is 7.34. The molecule has 1 heterocycles. The number of hydrogen-bond acceptors (Lipinski definition) is 7. The molecule has 2 rings (SSSR count). The third-order valence-electron chi connectivity index (χ3n) is 3.76. The van der Waals surface area contributed by atoms with E-state index in [0.717, 1.165) is 17.3 Å². The monoisotopic (exact) mass is 411 g/mol. The van der Waals surface area contributed by atoms with E-state index in [1.54, 1.807) is 17.5 Å². The maximum Gasteiger partial charge on any atom is 0.358 e. The fraction of sp³-hybridized carbons (Fsp3) is 0.444. The molecule has 0 saturated heterocycles. The van der Waals surface area contributed by atoms with Crippen molar-refractivity contribution in [3.63, 3.8) is 0 Å². The van der Waals surface area contributed by atoms with Crippen LogP contribution in [0.15, 0.2) is 34.5 Å². The third-order valence-corrected chi connectivity index (χ3v) is 6.37. The second kappa shape index (κ2) is 9.29. The topological polar surface area (TPSA) is 88.6 Å². The highest BCUT2D eigenvalue weighted by molar-refractivity contribution is 7.89. The van der Waals surface area contributed by atoms with Gasteiger partial charge in [-0.2, -0.15) is 0 Å². The number of hydrogen-bond donors (Lipinski definition) is 1. The van der Waals surface area contributed by atoms with Gasteiger partial charge in [-0.05, 0) is 30.0 Å². The molecule has 0 amide bonds. The Labute approximate surface area is 164 Å². The van der Waals surface area contributed by atoms with Crippen molar-refractivity contribution in [1.29, 1.82) is 0 Å². The van der Waals surface area contributed by atoms with Crippen molar-refractivity contribution in [3.05, 3.63) is 40.9 Å². The molecule has 0 atom stereocenters. The molecule has 0 fully saturated rings. The summed E-state index contributed by atoms with van der Waals surface area (Å²) in [4.78, 5) is 16.6. The molecule has 0 bridgehead atoms. The Morgan fingerprint density at radius 2 is 2.07 bits per heavy atom. The van der Waals surface area contributed by atoms with Crippen LogP contribution >= 0.6 is 11.3 Å². The van der Waals surface area contributed by atoms with Crippen molar-refractivity contribution in [2.75, 3.05) is 26.0 Å². The zero-order valence-corrected chi connectivity index (χ0v) is 17.6. The Hall–Kier alpha value is -1.97. The fourth-order valence-corrected chi connectivity index (χ4v) is 3.83. The lowest BCUT2D eigenvalue weighted by Gasteiger charge is -2.12. The molecule has 0 saturated carbocycles. The number of aromatic nitrogens is 1. The molecule has 0 aliphatic heterocycles. The van der Waals surface area contributed by atoms with E-state index in [1.807, 2.05) is 0 Å². The maximum absolute atomic E-state index is 12.2. The predicted molar refractivity (Wildman–Crippen MR) is 106 cm³/mol. The van der Waals surface area contributed by atoms with Crippen LogP contribution in [0.3, 0.4) is 0 Å². The standard InChI is InChI=1S/C18H25N3O4S2/c1-13(2)8-9-19-18-20-16(12-26-18)17(22)25-11-14-6-5-7-15(10-14)27(23,24)21(3)4/h5-7,10,12-13H,8-9,11H2,1-4H3,(H,19,20). The highest BCUT2D eigenvalue weighted by atomic mass is 32.2. The number of sulfonamides is 1. The van der Waals surface area contributed by atoms with E-state index in [-0.39, 0.29) is 17.2 Å². The molecule has 7 nitrogen and oxygen atoms in total. The fourth-order valence-electron chi connectivity index (χ4n) is 2.15. The number of thiazole rings is 1. The van der Waals surface area contributed by atoms with Crippen LogP contribution in [-0.2, 0) is 21.4 Å². The molecular formula is C18H25N3O4S2. The number of anilines is 1. The number of esters is 1. The zero-order chi connectivity index (χ0) is 20.0. The van der Waals surface area contributed by atoms with Gasteiger partial charge in [0.1, 0.15) is 6.61 Å². The van der Waals surface area contributed by atoms with E-state index in [9.17, 15) is 13.2 Å². The molecule has 0 radical (unpaired) electrons. The Morgan fingerprint density at radius 1 is 1.33 bits per heavy atom. The molecule has 2 aromatic rings. The summed E-state index contributed by atoms with van der Waals surface area (Å²) in [5.74, 6) is 0.0537. The number of rotatable bonds is 9. The average Bonchev–Trinajstić information content (AvgIpc) is 3.08.